The maximum absolute atomic E-state index is 15.1. The molecule has 1 saturated heterocycles. The molecule has 1 unspecified atom stereocenters. The van der Waals surface area contributed by atoms with Gasteiger partial charge in [0.15, 0.2) is 9.84 Å². The fourth-order valence-corrected chi connectivity index (χ4v) is 9.86. The van der Waals surface area contributed by atoms with E-state index in [2.05, 4.69) is 6.58 Å². The quantitative estimate of drug-likeness (QED) is 0.246. The number of carboxylic acids is 1. The van der Waals surface area contributed by atoms with Crippen LogP contribution in [0.1, 0.15) is 48.8 Å². The Balaban J connectivity index is 1.67. The van der Waals surface area contributed by atoms with Gasteiger partial charge >= 0.3 is 24.0 Å². The fraction of sp³-hybridized carbons (Fsp3) is 0.406. The second kappa shape index (κ2) is 12.1. The SMILES string of the molecule is C=C1/C=C\C(C(=O)O)=C/CCCC1N1CC[C@@]2(S(=O)(=O)c3ccc(I)cc3)c3ccc(C(F)(C(F)(F)F)C(F)(F)F)cc3CC[C@@H]12. The Labute approximate surface area is 274 Å². The van der Waals surface area contributed by atoms with E-state index in [1.54, 1.807) is 24.3 Å². The third kappa shape index (κ3) is 5.51. The van der Waals surface area contributed by atoms with Crippen LogP contribution in [-0.4, -0.2) is 55.4 Å². The Bertz CT molecular complexity index is 1700. The lowest BCUT2D eigenvalue weighted by atomic mass is 9.76. The van der Waals surface area contributed by atoms with Crippen LogP contribution in [0.2, 0.25) is 0 Å². The number of hydrogen-bond acceptors (Lipinski definition) is 4. The van der Waals surface area contributed by atoms with Gasteiger partial charge < -0.3 is 5.11 Å². The van der Waals surface area contributed by atoms with Crippen LogP contribution in [0.3, 0.4) is 0 Å². The summed E-state index contributed by atoms with van der Waals surface area (Å²) in [7, 11) is -4.35. The predicted molar refractivity (Wildman–Crippen MR) is 164 cm³/mol. The van der Waals surface area contributed by atoms with Crippen LogP contribution in [0.4, 0.5) is 30.7 Å². The number of nitrogens with zero attached hydrogens (tertiary/aromatic N) is 1. The van der Waals surface area contributed by atoms with E-state index in [0.717, 1.165) is 9.64 Å². The van der Waals surface area contributed by atoms with Crippen LogP contribution < -0.4 is 0 Å². The Morgan fingerprint density at radius 1 is 0.978 bits per heavy atom. The Hall–Kier alpha value is -2.72. The summed E-state index contributed by atoms with van der Waals surface area (Å²) in [6.07, 6.45) is -6.64. The first-order valence-electron chi connectivity index (χ1n) is 14.4. The van der Waals surface area contributed by atoms with Gasteiger partial charge in [-0.05, 0) is 108 Å². The van der Waals surface area contributed by atoms with Crippen LogP contribution >= 0.6 is 22.6 Å². The van der Waals surface area contributed by atoms with E-state index in [9.17, 15) is 44.7 Å². The number of hydrogen-bond donors (Lipinski definition) is 1. The first kappa shape index (κ1) is 34.6. The van der Waals surface area contributed by atoms with Crippen molar-refractivity contribution in [2.24, 2.45) is 0 Å². The molecule has 0 saturated carbocycles. The molecule has 2 aromatic rings. The van der Waals surface area contributed by atoms with Gasteiger partial charge in [0, 0.05) is 27.8 Å². The van der Waals surface area contributed by atoms with Crippen LogP contribution in [0.5, 0.6) is 0 Å². The predicted octanol–water partition coefficient (Wildman–Crippen LogP) is 7.95. The minimum absolute atomic E-state index is 0.0379. The van der Waals surface area contributed by atoms with Gasteiger partial charge in [0.25, 0.3) is 0 Å². The van der Waals surface area contributed by atoms with Crippen molar-refractivity contribution in [3.8, 4) is 0 Å². The third-order valence-electron chi connectivity index (χ3n) is 9.31. The normalized spacial score (nSPS) is 26.6. The molecule has 2 aliphatic carbocycles. The molecule has 0 bridgehead atoms. The van der Waals surface area contributed by atoms with E-state index < -0.39 is 56.2 Å². The summed E-state index contributed by atoms with van der Waals surface area (Å²) in [6, 6.07) is 6.63. The highest BCUT2D eigenvalue weighted by molar-refractivity contribution is 14.1. The van der Waals surface area contributed by atoms with Gasteiger partial charge in [0.1, 0.15) is 4.75 Å². The molecule has 2 aromatic carbocycles. The van der Waals surface area contributed by atoms with Crippen molar-refractivity contribution >= 4 is 38.4 Å². The van der Waals surface area contributed by atoms with Crippen molar-refractivity contribution in [2.75, 3.05) is 6.54 Å². The van der Waals surface area contributed by atoms with Crippen molar-refractivity contribution in [2.45, 2.75) is 78.3 Å². The molecule has 5 nitrogen and oxygen atoms in total. The number of allylic oxidation sites excluding steroid dienone is 1. The summed E-state index contributed by atoms with van der Waals surface area (Å²) in [4.78, 5) is 13.5. The molecule has 248 valence electrons. The number of alkyl halides is 7. The van der Waals surface area contributed by atoms with Gasteiger partial charge in [-0.3, -0.25) is 4.90 Å². The summed E-state index contributed by atoms with van der Waals surface area (Å²) in [5, 5.41) is 9.49. The average Bonchev–Trinajstić information content (AvgIpc) is 3.40. The highest BCUT2D eigenvalue weighted by atomic mass is 127. The minimum Gasteiger partial charge on any atom is -0.478 e. The molecule has 0 amide bonds. The molecule has 14 heteroatoms. The molecule has 46 heavy (non-hydrogen) atoms. The van der Waals surface area contributed by atoms with E-state index in [-0.39, 0.29) is 47.4 Å². The number of aryl methyl sites for hydroxylation is 1. The molecule has 5 rings (SSSR count). The van der Waals surface area contributed by atoms with E-state index in [4.69, 9.17) is 0 Å². The van der Waals surface area contributed by atoms with E-state index >= 15 is 4.39 Å². The lowest BCUT2D eigenvalue weighted by molar-refractivity contribution is -0.348. The van der Waals surface area contributed by atoms with Crippen molar-refractivity contribution in [1.29, 1.82) is 0 Å². The number of rotatable bonds is 5. The van der Waals surface area contributed by atoms with Gasteiger partial charge in [-0.2, -0.15) is 26.3 Å². The molecule has 1 heterocycles. The van der Waals surface area contributed by atoms with Crippen molar-refractivity contribution < 1.29 is 49.1 Å². The highest BCUT2D eigenvalue weighted by Gasteiger charge is 2.73. The first-order valence-corrected chi connectivity index (χ1v) is 16.9. The second-order valence-corrected chi connectivity index (χ2v) is 15.2. The maximum atomic E-state index is 15.1. The summed E-state index contributed by atoms with van der Waals surface area (Å²) < 4.78 is 125. The molecule has 1 fully saturated rings. The zero-order chi connectivity index (χ0) is 33.9. The summed E-state index contributed by atoms with van der Waals surface area (Å²) in [5.41, 5.74) is -6.74. The summed E-state index contributed by atoms with van der Waals surface area (Å²) in [5.74, 6) is -1.11. The van der Waals surface area contributed by atoms with Crippen LogP contribution in [0, 0.1) is 3.57 Å². The standard InChI is InChI=1S/C32H29F7INO4S/c1-19-6-7-20(28(42)43)4-2-3-5-26(19)41-17-16-29(46(44,45)24-12-10-23(40)11-13-24)25-14-9-22(18-21(25)8-15-27(29)41)30(33,31(34,35)36)32(37,38)39/h4,6-7,9-14,18,26-27H,1-3,5,8,15-17H2,(H,42,43)/b7-6-,20-4+/t26?,27-,29-/m1/s1. The van der Waals surface area contributed by atoms with Gasteiger partial charge in [-0.25, -0.2) is 17.6 Å². The maximum Gasteiger partial charge on any atom is 0.435 e. The highest BCUT2D eigenvalue weighted by Crippen LogP contribution is 2.57. The summed E-state index contributed by atoms with van der Waals surface area (Å²) in [6.45, 7) is 4.34. The van der Waals surface area contributed by atoms with Gasteiger partial charge in [0.05, 0.1) is 10.5 Å². The lowest BCUT2D eigenvalue weighted by Crippen LogP contribution is -2.53. The van der Waals surface area contributed by atoms with E-state index in [1.807, 2.05) is 27.5 Å². The molecule has 1 N–H and O–H groups in total. The number of sulfone groups is 1. The Morgan fingerprint density at radius 2 is 1.63 bits per heavy atom. The van der Waals surface area contributed by atoms with Gasteiger partial charge in [-0.15, -0.1) is 0 Å². The molecular formula is C32H29F7INO4S. The smallest absolute Gasteiger partial charge is 0.435 e. The topological polar surface area (TPSA) is 74.7 Å². The largest absolute Gasteiger partial charge is 0.478 e. The molecule has 0 radical (unpaired) electrons. The molecule has 3 atom stereocenters. The fourth-order valence-electron chi connectivity index (χ4n) is 7.13. The number of likely N-dealkylation sites (tertiary alicyclic amines) is 1. The number of halogens is 8. The van der Waals surface area contributed by atoms with Gasteiger partial charge in [0.2, 0.25) is 0 Å². The third-order valence-corrected chi connectivity index (χ3v) is 12.6. The number of fused-ring (bicyclic) bond motifs is 3. The lowest BCUT2D eigenvalue weighted by Gasteiger charge is -2.45. The molecule has 0 spiro atoms. The number of carboxylic acid groups (broad SMARTS) is 1. The monoisotopic (exact) mass is 783 g/mol. The first-order chi connectivity index (χ1) is 21.4. The van der Waals surface area contributed by atoms with Crippen LogP contribution in [0.25, 0.3) is 0 Å². The van der Waals surface area contributed by atoms with Crippen molar-refractivity contribution in [3.63, 3.8) is 0 Å². The Kier molecular flexibility index (Phi) is 9.08. The van der Waals surface area contributed by atoms with E-state index in [0.29, 0.717) is 37.0 Å². The van der Waals surface area contributed by atoms with Gasteiger partial charge in [-0.1, -0.05) is 36.9 Å². The molecule has 1 aliphatic heterocycles. The molecular weight excluding hydrogens is 754 g/mol. The minimum atomic E-state index is -6.31. The Morgan fingerprint density at radius 3 is 2.24 bits per heavy atom. The van der Waals surface area contributed by atoms with Crippen LogP contribution in [-0.2, 0) is 31.5 Å². The number of aliphatic carboxylic acids is 1. The molecule has 0 aromatic heterocycles. The zero-order valence-corrected chi connectivity index (χ0v) is 27.1. The van der Waals surface area contributed by atoms with E-state index in [1.165, 1.54) is 18.2 Å². The van der Waals surface area contributed by atoms with Crippen LogP contribution in [0.15, 0.2) is 83.3 Å². The number of carbonyl (C=O) groups is 1. The summed E-state index contributed by atoms with van der Waals surface area (Å²) >= 11 is 2.00. The molecule has 3 aliphatic rings. The zero-order valence-electron chi connectivity index (χ0n) is 24.1. The number of benzene rings is 2. The average molecular weight is 784 g/mol. The van der Waals surface area contributed by atoms with Crippen molar-refractivity contribution in [3.05, 3.63) is 98.7 Å². The second-order valence-electron chi connectivity index (χ2n) is 11.7. The van der Waals surface area contributed by atoms with Crippen molar-refractivity contribution in [1.82, 2.24) is 4.90 Å².